The molecule has 0 amide bonds. The summed E-state index contributed by atoms with van der Waals surface area (Å²) in [6.07, 6.45) is 0. The van der Waals surface area contributed by atoms with Crippen molar-refractivity contribution in [2.24, 2.45) is 0 Å². The molecule has 160 valence electrons. The maximum atomic E-state index is 13.4. The largest absolute Gasteiger partial charge is 0.490 e. The summed E-state index contributed by atoms with van der Waals surface area (Å²) in [5.74, 6) is 0.744. The van der Waals surface area contributed by atoms with E-state index in [-0.39, 0.29) is 16.3 Å². The van der Waals surface area contributed by atoms with Crippen molar-refractivity contribution in [1.29, 1.82) is 0 Å². The lowest BCUT2D eigenvalue weighted by atomic mass is 10.1. The molecular weight excluding hydrogens is 436 g/mol. The third-order valence-electron chi connectivity index (χ3n) is 5.10. The molecule has 7 nitrogen and oxygen atoms in total. The number of nitrogens with zero attached hydrogens (tertiary/aromatic N) is 2. The summed E-state index contributed by atoms with van der Waals surface area (Å²) in [4.78, 5) is 11.1. The van der Waals surface area contributed by atoms with Crippen LogP contribution in [0.4, 0.5) is 5.69 Å². The molecule has 0 aromatic heterocycles. The Morgan fingerprint density at radius 1 is 1.03 bits per heavy atom. The molecule has 0 unspecified atom stereocenters. The minimum Gasteiger partial charge on any atom is -0.490 e. The minimum atomic E-state index is -3.77. The number of ether oxygens (including phenoxy) is 1. The Balaban J connectivity index is 1.65. The van der Waals surface area contributed by atoms with Crippen molar-refractivity contribution >= 4 is 27.5 Å². The molecule has 0 saturated carbocycles. The molecule has 0 radical (unpaired) electrons. The number of sulfonamides is 1. The van der Waals surface area contributed by atoms with Gasteiger partial charge in [-0.05, 0) is 34.9 Å². The van der Waals surface area contributed by atoms with Gasteiger partial charge in [-0.15, -0.1) is 11.8 Å². The monoisotopic (exact) mass is 456 g/mol. The fourth-order valence-corrected chi connectivity index (χ4v) is 6.78. The van der Waals surface area contributed by atoms with Gasteiger partial charge in [0, 0.05) is 18.4 Å². The Labute approximate surface area is 184 Å². The number of benzene rings is 3. The topological polar surface area (TPSA) is 89.8 Å². The maximum Gasteiger partial charge on any atom is 0.311 e. The van der Waals surface area contributed by atoms with E-state index in [4.69, 9.17) is 4.74 Å². The van der Waals surface area contributed by atoms with Gasteiger partial charge in [0.05, 0.1) is 22.3 Å². The molecule has 0 bridgehead atoms. The molecule has 1 heterocycles. The van der Waals surface area contributed by atoms with E-state index in [2.05, 4.69) is 0 Å². The van der Waals surface area contributed by atoms with Gasteiger partial charge >= 0.3 is 5.69 Å². The average molecular weight is 457 g/mol. The fourth-order valence-electron chi connectivity index (χ4n) is 3.55. The van der Waals surface area contributed by atoms with Crippen LogP contribution in [0.15, 0.2) is 77.7 Å². The molecular formula is C22H20N2O5S2. The normalized spacial score (nSPS) is 16.9. The van der Waals surface area contributed by atoms with E-state index in [1.807, 2.05) is 30.3 Å². The number of nitro benzene ring substituents is 1. The van der Waals surface area contributed by atoms with E-state index in [9.17, 15) is 18.5 Å². The highest BCUT2D eigenvalue weighted by molar-refractivity contribution is 8.01. The molecule has 0 N–H and O–H groups in total. The van der Waals surface area contributed by atoms with Gasteiger partial charge in [-0.3, -0.25) is 10.1 Å². The Morgan fingerprint density at radius 3 is 2.35 bits per heavy atom. The number of rotatable bonds is 6. The second-order valence-corrected chi connectivity index (χ2v) is 10.00. The summed E-state index contributed by atoms with van der Waals surface area (Å²) in [6.45, 7) is 0.331. The van der Waals surface area contributed by atoms with Gasteiger partial charge in [0.25, 0.3) is 0 Å². The van der Waals surface area contributed by atoms with Gasteiger partial charge in [0.15, 0.2) is 5.75 Å². The second-order valence-electron chi connectivity index (χ2n) is 6.92. The van der Waals surface area contributed by atoms with Crippen LogP contribution in [0, 0.1) is 10.1 Å². The van der Waals surface area contributed by atoms with Gasteiger partial charge in [0.2, 0.25) is 10.0 Å². The van der Waals surface area contributed by atoms with Crippen LogP contribution in [0.2, 0.25) is 0 Å². The van der Waals surface area contributed by atoms with E-state index >= 15 is 0 Å². The number of methoxy groups -OCH3 is 1. The number of nitro groups is 1. The number of hydrogen-bond acceptors (Lipinski definition) is 6. The first-order chi connectivity index (χ1) is 14.9. The Hall–Kier alpha value is -2.88. The summed E-state index contributed by atoms with van der Waals surface area (Å²) in [5.41, 5.74) is 2.31. The lowest BCUT2D eigenvalue weighted by Gasteiger charge is -2.23. The van der Waals surface area contributed by atoms with Crippen LogP contribution >= 0.6 is 11.8 Å². The van der Waals surface area contributed by atoms with Gasteiger partial charge in [0.1, 0.15) is 0 Å². The summed E-state index contributed by atoms with van der Waals surface area (Å²) in [6, 6.07) is 21.1. The van der Waals surface area contributed by atoms with Crippen molar-refractivity contribution in [3.05, 3.63) is 88.5 Å². The van der Waals surface area contributed by atoms with Crippen molar-refractivity contribution < 1.29 is 18.1 Å². The highest BCUT2D eigenvalue weighted by Gasteiger charge is 2.37. The summed E-state index contributed by atoms with van der Waals surface area (Å²) in [5, 5.41) is 10.8. The van der Waals surface area contributed by atoms with E-state index < -0.39 is 20.3 Å². The SMILES string of the molecule is COc1ccc([C@H]2SCCN2S(=O)(=O)c2ccc(-c3ccccc3)cc2)cc1[N+](=O)[O-]. The molecule has 1 atom stereocenters. The molecule has 1 fully saturated rings. The van der Waals surface area contributed by atoms with Crippen molar-refractivity contribution in [2.45, 2.75) is 10.3 Å². The molecule has 3 aromatic rings. The molecule has 9 heteroatoms. The first kappa shape index (κ1) is 21.4. The van der Waals surface area contributed by atoms with E-state index in [1.165, 1.54) is 35.3 Å². The predicted octanol–water partition coefficient (Wildman–Crippen LogP) is 4.71. The van der Waals surface area contributed by atoms with Crippen LogP contribution in [-0.4, -0.2) is 37.1 Å². The van der Waals surface area contributed by atoms with Crippen LogP contribution in [0.25, 0.3) is 11.1 Å². The van der Waals surface area contributed by atoms with Gasteiger partial charge in [-0.1, -0.05) is 48.5 Å². The predicted molar refractivity (Wildman–Crippen MR) is 121 cm³/mol. The van der Waals surface area contributed by atoms with Crippen molar-refractivity contribution in [3.63, 3.8) is 0 Å². The van der Waals surface area contributed by atoms with Crippen LogP contribution in [0.5, 0.6) is 5.75 Å². The first-order valence-corrected chi connectivity index (χ1v) is 12.0. The van der Waals surface area contributed by atoms with Crippen LogP contribution in [-0.2, 0) is 10.0 Å². The third kappa shape index (κ3) is 4.16. The lowest BCUT2D eigenvalue weighted by Crippen LogP contribution is -2.30. The molecule has 0 spiro atoms. The third-order valence-corrected chi connectivity index (χ3v) is 8.37. The molecule has 1 aliphatic heterocycles. The zero-order valence-corrected chi connectivity index (χ0v) is 18.3. The van der Waals surface area contributed by atoms with Crippen LogP contribution in [0.3, 0.4) is 0 Å². The summed E-state index contributed by atoms with van der Waals surface area (Å²) < 4.78 is 33.2. The second kappa shape index (κ2) is 8.70. The quantitative estimate of drug-likeness (QED) is 0.394. The van der Waals surface area contributed by atoms with Crippen LogP contribution in [0.1, 0.15) is 10.9 Å². The average Bonchev–Trinajstić information content (AvgIpc) is 3.30. The summed E-state index contributed by atoms with van der Waals surface area (Å²) >= 11 is 1.44. The highest BCUT2D eigenvalue weighted by Crippen LogP contribution is 2.43. The first-order valence-electron chi connectivity index (χ1n) is 9.53. The Kier molecular flexibility index (Phi) is 5.99. The van der Waals surface area contributed by atoms with Crippen molar-refractivity contribution in [1.82, 2.24) is 4.31 Å². The van der Waals surface area contributed by atoms with Gasteiger partial charge in [-0.25, -0.2) is 8.42 Å². The smallest absolute Gasteiger partial charge is 0.311 e. The fraction of sp³-hybridized carbons (Fsp3) is 0.182. The zero-order valence-electron chi connectivity index (χ0n) is 16.7. The molecule has 1 saturated heterocycles. The van der Waals surface area contributed by atoms with E-state index in [0.717, 1.165) is 11.1 Å². The Bertz CT molecular complexity index is 1200. The maximum absolute atomic E-state index is 13.4. The number of thioether (sulfide) groups is 1. The standard InChI is InChI=1S/C22H20N2O5S2/c1-29-21-12-9-18(15-20(21)24(25)26)22-23(13-14-30-22)31(27,28)19-10-7-17(8-11-19)16-5-3-2-4-6-16/h2-12,15,22H,13-14H2,1H3/t22-/m1/s1. The zero-order chi connectivity index (χ0) is 22.0. The molecule has 31 heavy (non-hydrogen) atoms. The minimum absolute atomic E-state index is 0.141. The Morgan fingerprint density at radius 2 is 1.71 bits per heavy atom. The van der Waals surface area contributed by atoms with E-state index in [1.54, 1.807) is 30.3 Å². The van der Waals surface area contributed by atoms with Crippen molar-refractivity contribution in [2.75, 3.05) is 19.4 Å². The van der Waals surface area contributed by atoms with Gasteiger partial charge in [-0.2, -0.15) is 4.31 Å². The van der Waals surface area contributed by atoms with Crippen LogP contribution < -0.4 is 4.74 Å². The lowest BCUT2D eigenvalue weighted by molar-refractivity contribution is -0.385. The molecule has 1 aliphatic rings. The molecule has 0 aliphatic carbocycles. The molecule has 3 aromatic carbocycles. The molecule has 4 rings (SSSR count). The van der Waals surface area contributed by atoms with Gasteiger partial charge < -0.3 is 4.74 Å². The van der Waals surface area contributed by atoms with E-state index in [0.29, 0.717) is 17.9 Å². The highest BCUT2D eigenvalue weighted by atomic mass is 32.2. The summed E-state index contributed by atoms with van der Waals surface area (Å²) in [7, 11) is -2.41. The van der Waals surface area contributed by atoms with Crippen molar-refractivity contribution in [3.8, 4) is 16.9 Å². The number of hydrogen-bond donors (Lipinski definition) is 0.